The van der Waals surface area contributed by atoms with Crippen LogP contribution in [-0.4, -0.2) is 41.7 Å². The Morgan fingerprint density at radius 1 is 1.42 bits per heavy atom. The largest absolute Gasteiger partial charge is 0.395 e. The van der Waals surface area contributed by atoms with Crippen molar-refractivity contribution >= 4 is 34.8 Å². The average molecular weight is 305 g/mol. The van der Waals surface area contributed by atoms with Gasteiger partial charge in [0.1, 0.15) is 0 Å². The maximum Gasteiger partial charge on any atom is 0.238 e. The van der Waals surface area contributed by atoms with Crippen molar-refractivity contribution in [1.29, 1.82) is 0 Å². The predicted molar refractivity (Wildman–Crippen MR) is 78.9 cm³/mol. The Morgan fingerprint density at radius 2 is 2.11 bits per heavy atom. The van der Waals surface area contributed by atoms with Gasteiger partial charge in [0.15, 0.2) is 0 Å². The lowest BCUT2D eigenvalue weighted by molar-refractivity contribution is -0.117. The first-order valence-electron chi connectivity index (χ1n) is 6.04. The van der Waals surface area contributed by atoms with Crippen molar-refractivity contribution in [3.8, 4) is 0 Å². The van der Waals surface area contributed by atoms with Crippen LogP contribution in [0.3, 0.4) is 0 Å². The van der Waals surface area contributed by atoms with E-state index in [0.29, 0.717) is 22.3 Å². The van der Waals surface area contributed by atoms with Crippen molar-refractivity contribution < 1.29 is 9.90 Å². The second-order valence-electron chi connectivity index (χ2n) is 4.46. The lowest BCUT2D eigenvalue weighted by atomic mass is 10.3. The highest BCUT2D eigenvalue weighted by Gasteiger charge is 2.14. The van der Waals surface area contributed by atoms with E-state index >= 15 is 0 Å². The Bertz CT molecular complexity index is 439. The molecule has 1 aromatic carbocycles. The molecule has 0 heterocycles. The molecule has 0 saturated heterocycles. The molecule has 0 aliphatic carbocycles. The molecule has 0 spiro atoms. The number of halogens is 2. The number of rotatable bonds is 6. The molecular formula is C13H18Cl2N2O2. The first-order valence-corrected chi connectivity index (χ1v) is 6.79. The number of benzene rings is 1. The first-order chi connectivity index (χ1) is 8.93. The summed E-state index contributed by atoms with van der Waals surface area (Å²) in [6.45, 7) is 4.60. The molecule has 0 unspecified atom stereocenters. The van der Waals surface area contributed by atoms with E-state index in [1.165, 1.54) is 0 Å². The first kappa shape index (κ1) is 16.2. The molecule has 6 heteroatoms. The van der Waals surface area contributed by atoms with Crippen molar-refractivity contribution in [2.45, 2.75) is 19.9 Å². The summed E-state index contributed by atoms with van der Waals surface area (Å²) in [5.41, 5.74) is 0.492. The standard InChI is InChI=1S/C13H18Cl2N2O2/c1-9(2)17(5-6-18)8-13(19)16-12-7-10(14)3-4-11(12)15/h3-4,7,9,18H,5-6,8H2,1-2H3,(H,16,19). The molecule has 4 nitrogen and oxygen atoms in total. The molecule has 0 atom stereocenters. The Hall–Kier alpha value is -0.810. The summed E-state index contributed by atoms with van der Waals surface area (Å²) in [5.74, 6) is -0.189. The fourth-order valence-corrected chi connectivity index (χ4v) is 1.95. The number of aliphatic hydroxyl groups is 1. The van der Waals surface area contributed by atoms with Crippen molar-refractivity contribution in [2.75, 3.05) is 25.0 Å². The van der Waals surface area contributed by atoms with E-state index in [2.05, 4.69) is 5.32 Å². The van der Waals surface area contributed by atoms with Gasteiger partial charge in [-0.2, -0.15) is 0 Å². The Morgan fingerprint density at radius 3 is 2.68 bits per heavy atom. The van der Waals surface area contributed by atoms with Crippen LogP contribution in [0, 0.1) is 0 Å². The Kier molecular flexibility index (Phi) is 6.58. The summed E-state index contributed by atoms with van der Waals surface area (Å²) in [6, 6.07) is 5.07. The zero-order chi connectivity index (χ0) is 14.4. The molecule has 2 N–H and O–H groups in total. The molecule has 106 valence electrons. The van der Waals surface area contributed by atoms with Crippen molar-refractivity contribution in [3.05, 3.63) is 28.2 Å². The number of nitrogens with zero attached hydrogens (tertiary/aromatic N) is 1. The fraction of sp³-hybridized carbons (Fsp3) is 0.462. The number of carbonyl (C=O) groups excluding carboxylic acids is 1. The van der Waals surface area contributed by atoms with E-state index < -0.39 is 0 Å². The zero-order valence-corrected chi connectivity index (χ0v) is 12.5. The molecule has 0 bridgehead atoms. The third kappa shape index (κ3) is 5.37. The number of aliphatic hydroxyl groups excluding tert-OH is 1. The van der Waals surface area contributed by atoms with E-state index in [4.69, 9.17) is 28.3 Å². The van der Waals surface area contributed by atoms with Crippen LogP contribution >= 0.6 is 23.2 Å². The monoisotopic (exact) mass is 304 g/mol. The van der Waals surface area contributed by atoms with Crippen LogP contribution in [0.2, 0.25) is 10.0 Å². The second-order valence-corrected chi connectivity index (χ2v) is 5.30. The molecule has 0 aliphatic rings. The molecule has 0 aromatic heterocycles. The van der Waals surface area contributed by atoms with Gasteiger partial charge in [0.25, 0.3) is 0 Å². The van der Waals surface area contributed by atoms with Crippen LogP contribution in [0.25, 0.3) is 0 Å². The highest BCUT2D eigenvalue weighted by Crippen LogP contribution is 2.25. The summed E-state index contributed by atoms with van der Waals surface area (Å²) >= 11 is 11.8. The van der Waals surface area contributed by atoms with Gasteiger partial charge >= 0.3 is 0 Å². The van der Waals surface area contributed by atoms with Crippen LogP contribution in [0.15, 0.2) is 18.2 Å². The molecule has 19 heavy (non-hydrogen) atoms. The Balaban J connectivity index is 2.66. The lowest BCUT2D eigenvalue weighted by Gasteiger charge is -2.24. The summed E-state index contributed by atoms with van der Waals surface area (Å²) < 4.78 is 0. The van der Waals surface area contributed by atoms with Gasteiger partial charge in [0.05, 0.1) is 23.9 Å². The van der Waals surface area contributed by atoms with Crippen LogP contribution in [0.1, 0.15) is 13.8 Å². The minimum Gasteiger partial charge on any atom is -0.395 e. The summed E-state index contributed by atoms with van der Waals surface area (Å²) in [7, 11) is 0. The predicted octanol–water partition coefficient (Wildman–Crippen LogP) is 2.63. The van der Waals surface area contributed by atoms with E-state index in [9.17, 15) is 4.79 Å². The summed E-state index contributed by atoms with van der Waals surface area (Å²) in [6.07, 6.45) is 0. The third-order valence-corrected chi connectivity index (χ3v) is 3.23. The average Bonchev–Trinajstić information content (AvgIpc) is 2.33. The SMILES string of the molecule is CC(C)N(CCO)CC(=O)Nc1cc(Cl)ccc1Cl. The van der Waals surface area contributed by atoms with Gasteiger partial charge in [-0.1, -0.05) is 23.2 Å². The van der Waals surface area contributed by atoms with E-state index in [0.717, 1.165) is 0 Å². The van der Waals surface area contributed by atoms with E-state index in [1.54, 1.807) is 18.2 Å². The lowest BCUT2D eigenvalue weighted by Crippen LogP contribution is -2.39. The minimum absolute atomic E-state index is 0.0172. The molecule has 0 aliphatic heterocycles. The van der Waals surface area contributed by atoms with Gasteiger partial charge in [0, 0.05) is 17.6 Å². The van der Waals surface area contributed by atoms with E-state index in [1.807, 2.05) is 18.7 Å². The smallest absolute Gasteiger partial charge is 0.238 e. The van der Waals surface area contributed by atoms with Gasteiger partial charge in [-0.25, -0.2) is 0 Å². The molecule has 0 saturated carbocycles. The molecule has 0 radical (unpaired) electrons. The number of amides is 1. The number of hydrogen-bond acceptors (Lipinski definition) is 3. The highest BCUT2D eigenvalue weighted by molar-refractivity contribution is 6.35. The number of hydrogen-bond donors (Lipinski definition) is 2. The van der Waals surface area contributed by atoms with Gasteiger partial charge < -0.3 is 10.4 Å². The summed E-state index contributed by atoms with van der Waals surface area (Å²) in [5, 5.41) is 12.6. The molecule has 1 amide bonds. The highest BCUT2D eigenvalue weighted by atomic mass is 35.5. The quantitative estimate of drug-likeness (QED) is 0.849. The van der Waals surface area contributed by atoms with Gasteiger partial charge in [-0.15, -0.1) is 0 Å². The molecular weight excluding hydrogens is 287 g/mol. The topological polar surface area (TPSA) is 52.6 Å². The van der Waals surface area contributed by atoms with Crippen molar-refractivity contribution in [2.24, 2.45) is 0 Å². The molecule has 0 fully saturated rings. The number of nitrogens with one attached hydrogen (secondary N) is 1. The number of anilines is 1. The van der Waals surface area contributed by atoms with Crippen LogP contribution in [0.5, 0.6) is 0 Å². The van der Waals surface area contributed by atoms with Gasteiger partial charge in [-0.3, -0.25) is 9.69 Å². The normalized spacial score (nSPS) is 11.1. The number of carbonyl (C=O) groups is 1. The fourth-order valence-electron chi connectivity index (χ4n) is 1.62. The third-order valence-electron chi connectivity index (χ3n) is 2.67. The van der Waals surface area contributed by atoms with Crippen LogP contribution in [0.4, 0.5) is 5.69 Å². The van der Waals surface area contributed by atoms with Crippen molar-refractivity contribution in [3.63, 3.8) is 0 Å². The van der Waals surface area contributed by atoms with Gasteiger partial charge in [-0.05, 0) is 32.0 Å². The minimum atomic E-state index is -0.189. The second kappa shape index (κ2) is 7.70. The maximum absolute atomic E-state index is 11.9. The maximum atomic E-state index is 11.9. The van der Waals surface area contributed by atoms with Gasteiger partial charge in [0.2, 0.25) is 5.91 Å². The summed E-state index contributed by atoms with van der Waals surface area (Å²) in [4.78, 5) is 13.8. The van der Waals surface area contributed by atoms with Crippen LogP contribution in [-0.2, 0) is 4.79 Å². The van der Waals surface area contributed by atoms with E-state index in [-0.39, 0.29) is 25.1 Å². The molecule has 1 aromatic rings. The Labute approximate surface area is 123 Å². The van der Waals surface area contributed by atoms with Crippen LogP contribution < -0.4 is 5.32 Å². The molecule has 1 rings (SSSR count). The zero-order valence-electron chi connectivity index (χ0n) is 11.0. The van der Waals surface area contributed by atoms with Crippen molar-refractivity contribution in [1.82, 2.24) is 4.90 Å².